The molecule has 1 N–H and O–H groups in total. The van der Waals surface area contributed by atoms with Crippen molar-refractivity contribution in [3.05, 3.63) is 62.6 Å². The topological polar surface area (TPSA) is 29.5 Å². The molecule has 0 saturated heterocycles. The third kappa shape index (κ3) is 3.10. The molecular weight excluding hydrogens is 352 g/mol. The second-order valence-corrected chi connectivity index (χ2v) is 6.58. The van der Waals surface area contributed by atoms with Gasteiger partial charge in [0.1, 0.15) is 5.75 Å². The van der Waals surface area contributed by atoms with Crippen LogP contribution in [0.15, 0.2) is 40.9 Å². The summed E-state index contributed by atoms with van der Waals surface area (Å²) in [7, 11) is 0. The van der Waals surface area contributed by atoms with E-state index < -0.39 is 0 Å². The van der Waals surface area contributed by atoms with Gasteiger partial charge in [0.15, 0.2) is 0 Å². The fourth-order valence-electron chi connectivity index (χ4n) is 2.84. The number of hydrogen-bond acceptors (Lipinski definition) is 2. The van der Waals surface area contributed by atoms with Crippen molar-refractivity contribution in [1.29, 1.82) is 0 Å². The van der Waals surface area contributed by atoms with Gasteiger partial charge in [-0.3, -0.25) is 0 Å². The number of hydrogen-bond donors (Lipinski definition) is 1. The second-order valence-electron chi connectivity index (χ2n) is 5.26. The monoisotopic (exact) mass is 366 g/mol. The first-order chi connectivity index (χ1) is 10.2. The Morgan fingerprint density at radius 1 is 1.29 bits per heavy atom. The molecule has 1 unspecified atom stereocenters. The van der Waals surface area contributed by atoms with Crippen LogP contribution in [0.5, 0.6) is 5.75 Å². The molecule has 0 aliphatic carbocycles. The summed E-state index contributed by atoms with van der Waals surface area (Å²) in [6, 6.07) is 11.9. The molecule has 2 aromatic rings. The fraction of sp³-hybridized carbons (Fsp3) is 0.294. The van der Waals surface area contributed by atoms with Crippen LogP contribution in [0.1, 0.15) is 22.6 Å². The molecule has 2 nitrogen and oxygen atoms in total. The van der Waals surface area contributed by atoms with E-state index in [2.05, 4.69) is 28.1 Å². The van der Waals surface area contributed by atoms with Gasteiger partial charge in [0.05, 0.1) is 13.2 Å². The normalized spacial score (nSPS) is 14.6. The Labute approximate surface area is 137 Å². The Morgan fingerprint density at radius 2 is 2.10 bits per heavy atom. The van der Waals surface area contributed by atoms with Crippen molar-refractivity contribution < 1.29 is 9.84 Å². The van der Waals surface area contributed by atoms with Gasteiger partial charge >= 0.3 is 0 Å². The van der Waals surface area contributed by atoms with Crippen molar-refractivity contribution in [3.63, 3.8) is 0 Å². The van der Waals surface area contributed by atoms with Gasteiger partial charge in [-0.25, -0.2) is 0 Å². The van der Waals surface area contributed by atoms with E-state index in [1.54, 1.807) is 0 Å². The minimum absolute atomic E-state index is 0.0266. The van der Waals surface area contributed by atoms with Crippen LogP contribution in [-0.4, -0.2) is 18.3 Å². The average Bonchev–Trinajstić information content (AvgIpc) is 2.93. The second kappa shape index (κ2) is 6.39. The summed E-state index contributed by atoms with van der Waals surface area (Å²) in [5.74, 6) is 0.949. The molecule has 1 heterocycles. The summed E-state index contributed by atoms with van der Waals surface area (Å²) < 4.78 is 6.81. The van der Waals surface area contributed by atoms with E-state index in [4.69, 9.17) is 16.3 Å². The molecule has 4 heteroatoms. The Bertz CT molecular complexity index is 657. The lowest BCUT2D eigenvalue weighted by atomic mass is 9.91. The Balaban J connectivity index is 1.94. The lowest BCUT2D eigenvalue weighted by Crippen LogP contribution is -2.09. The highest BCUT2D eigenvalue weighted by Crippen LogP contribution is 2.36. The molecule has 1 aliphatic heterocycles. The van der Waals surface area contributed by atoms with Crippen LogP contribution in [0.4, 0.5) is 0 Å². The smallest absolute Gasteiger partial charge is 0.125 e. The summed E-state index contributed by atoms with van der Waals surface area (Å²) in [4.78, 5) is 0. The van der Waals surface area contributed by atoms with Gasteiger partial charge in [0, 0.05) is 21.8 Å². The lowest BCUT2D eigenvalue weighted by molar-refractivity contribution is 0.263. The maximum Gasteiger partial charge on any atom is 0.125 e. The summed E-state index contributed by atoms with van der Waals surface area (Å²) in [5.41, 5.74) is 3.33. The number of fused-ring (bicyclic) bond motifs is 1. The average molecular weight is 368 g/mol. The summed E-state index contributed by atoms with van der Waals surface area (Å²) >= 11 is 9.82. The molecule has 21 heavy (non-hydrogen) atoms. The Hall–Kier alpha value is -1.03. The van der Waals surface area contributed by atoms with Gasteiger partial charge in [0.25, 0.3) is 0 Å². The predicted octanol–water partition coefficient (Wildman–Crippen LogP) is 4.36. The molecule has 1 aliphatic rings. The van der Waals surface area contributed by atoms with Crippen LogP contribution in [0.2, 0.25) is 5.02 Å². The quantitative estimate of drug-likeness (QED) is 0.870. The van der Waals surface area contributed by atoms with E-state index >= 15 is 0 Å². The first-order valence-corrected chi connectivity index (χ1v) is 8.15. The Morgan fingerprint density at radius 3 is 2.86 bits per heavy atom. The van der Waals surface area contributed by atoms with Crippen LogP contribution in [-0.2, 0) is 12.8 Å². The van der Waals surface area contributed by atoms with E-state index in [-0.39, 0.29) is 12.5 Å². The molecule has 0 spiro atoms. The van der Waals surface area contributed by atoms with Crippen molar-refractivity contribution in [3.8, 4) is 5.75 Å². The van der Waals surface area contributed by atoms with Crippen LogP contribution < -0.4 is 4.74 Å². The van der Waals surface area contributed by atoms with Crippen molar-refractivity contribution in [2.75, 3.05) is 13.2 Å². The molecule has 1 atom stereocenters. The molecular formula is C17H16BrClO2. The number of benzene rings is 2. The van der Waals surface area contributed by atoms with Crippen LogP contribution in [0.25, 0.3) is 0 Å². The molecule has 110 valence electrons. The maximum atomic E-state index is 9.77. The van der Waals surface area contributed by atoms with Gasteiger partial charge < -0.3 is 9.84 Å². The number of aliphatic hydroxyl groups excluding tert-OH is 1. The lowest BCUT2D eigenvalue weighted by Gasteiger charge is -2.18. The molecule has 0 amide bonds. The molecule has 0 bridgehead atoms. The summed E-state index contributed by atoms with van der Waals surface area (Å²) in [5, 5.41) is 10.5. The predicted molar refractivity (Wildman–Crippen MR) is 88.3 cm³/mol. The van der Waals surface area contributed by atoms with E-state index in [0.29, 0.717) is 11.4 Å². The number of rotatable bonds is 4. The number of ether oxygens (including phenoxy) is 1. The van der Waals surface area contributed by atoms with Crippen molar-refractivity contribution in [1.82, 2.24) is 0 Å². The SMILES string of the molecule is OCC(Cc1cc(Br)cc2c1OCC2)c1ccccc1Cl. The van der Waals surface area contributed by atoms with Crippen molar-refractivity contribution in [2.45, 2.75) is 18.8 Å². The van der Waals surface area contributed by atoms with Crippen molar-refractivity contribution in [2.24, 2.45) is 0 Å². The minimum atomic E-state index is -0.0266. The zero-order chi connectivity index (χ0) is 14.8. The first kappa shape index (κ1) is 14.9. The Kier molecular flexibility index (Phi) is 4.53. The molecule has 0 saturated carbocycles. The fourth-order valence-corrected chi connectivity index (χ4v) is 3.68. The van der Waals surface area contributed by atoms with Crippen molar-refractivity contribution >= 4 is 27.5 Å². The van der Waals surface area contributed by atoms with E-state index in [0.717, 1.165) is 34.4 Å². The van der Waals surface area contributed by atoms with Gasteiger partial charge in [-0.1, -0.05) is 45.7 Å². The van der Waals surface area contributed by atoms with Gasteiger partial charge in [0.2, 0.25) is 0 Å². The molecule has 3 rings (SSSR count). The zero-order valence-electron chi connectivity index (χ0n) is 11.5. The summed E-state index contributed by atoms with van der Waals surface area (Å²) in [6.45, 7) is 0.791. The summed E-state index contributed by atoms with van der Waals surface area (Å²) in [6.07, 6.45) is 1.65. The zero-order valence-corrected chi connectivity index (χ0v) is 13.8. The van der Waals surface area contributed by atoms with E-state index in [1.165, 1.54) is 5.56 Å². The van der Waals surface area contributed by atoms with Crippen LogP contribution in [0.3, 0.4) is 0 Å². The number of aliphatic hydroxyl groups is 1. The maximum absolute atomic E-state index is 9.77. The van der Waals surface area contributed by atoms with Crippen LogP contribution >= 0.6 is 27.5 Å². The third-order valence-electron chi connectivity index (χ3n) is 3.86. The highest BCUT2D eigenvalue weighted by Gasteiger charge is 2.21. The molecule has 0 radical (unpaired) electrons. The third-order valence-corrected chi connectivity index (χ3v) is 4.66. The molecule has 2 aromatic carbocycles. The van der Waals surface area contributed by atoms with Gasteiger partial charge in [-0.15, -0.1) is 0 Å². The highest BCUT2D eigenvalue weighted by atomic mass is 79.9. The van der Waals surface area contributed by atoms with E-state index in [9.17, 15) is 5.11 Å². The standard InChI is InChI=1S/C17H16BrClO2/c18-14-8-11-5-6-21-17(11)12(9-14)7-13(10-20)15-3-1-2-4-16(15)19/h1-4,8-9,13,20H,5-7,10H2. The molecule has 0 aromatic heterocycles. The first-order valence-electron chi connectivity index (χ1n) is 6.98. The minimum Gasteiger partial charge on any atom is -0.493 e. The largest absolute Gasteiger partial charge is 0.493 e. The van der Waals surface area contributed by atoms with E-state index in [1.807, 2.05) is 24.3 Å². The number of halogens is 2. The van der Waals surface area contributed by atoms with Crippen LogP contribution in [0, 0.1) is 0 Å². The van der Waals surface area contributed by atoms with Gasteiger partial charge in [-0.2, -0.15) is 0 Å². The van der Waals surface area contributed by atoms with Gasteiger partial charge in [-0.05, 0) is 41.3 Å². The molecule has 0 fully saturated rings. The highest BCUT2D eigenvalue weighted by molar-refractivity contribution is 9.10.